The fourth-order valence-electron chi connectivity index (χ4n) is 3.41. The molecule has 0 aliphatic carbocycles. The molecule has 2 fully saturated rings. The molecular weight excluding hydrogens is 284 g/mol. The number of anilines is 1. The van der Waals surface area contributed by atoms with E-state index in [4.69, 9.17) is 5.73 Å². The van der Waals surface area contributed by atoms with E-state index in [0.29, 0.717) is 17.6 Å². The van der Waals surface area contributed by atoms with Crippen molar-refractivity contribution in [1.82, 2.24) is 14.8 Å². The maximum atomic E-state index is 12.5. The van der Waals surface area contributed by atoms with Gasteiger partial charge in [-0.05, 0) is 39.3 Å². The summed E-state index contributed by atoms with van der Waals surface area (Å²) in [5.74, 6) is 0.223. The Morgan fingerprint density at radius 2 is 2.10 bits per heavy atom. The summed E-state index contributed by atoms with van der Waals surface area (Å²) < 4.78 is 0. The molecule has 21 heavy (non-hydrogen) atoms. The third-order valence-electron chi connectivity index (χ3n) is 4.64. The summed E-state index contributed by atoms with van der Waals surface area (Å²) in [6, 6.07) is 0.571. The highest BCUT2D eigenvalue weighted by Gasteiger charge is 2.31. The first-order valence-corrected chi connectivity index (χ1v) is 8.69. The topological polar surface area (TPSA) is 62.5 Å². The minimum atomic E-state index is 0.223. The van der Waals surface area contributed by atoms with Crippen molar-refractivity contribution in [3.8, 4) is 0 Å². The number of nitrogens with two attached hydrogens (primary N) is 1. The van der Waals surface area contributed by atoms with Crippen molar-refractivity contribution in [2.75, 3.05) is 31.9 Å². The van der Waals surface area contributed by atoms with Gasteiger partial charge >= 0.3 is 0 Å². The zero-order chi connectivity index (χ0) is 14.8. The Bertz CT molecular complexity index is 510. The zero-order valence-corrected chi connectivity index (χ0v) is 13.5. The fraction of sp³-hybridized carbons (Fsp3) is 0.733. The van der Waals surface area contributed by atoms with Crippen LogP contribution >= 0.6 is 11.3 Å². The standard InChI is InChI=1S/C15H24N4OS/c1-11-13(21-15(16)17-11)9-14(20)19-8-5-12(10-19)18-6-3-2-4-7-18/h12H,2-10H2,1H3,(H2,16,17). The van der Waals surface area contributed by atoms with Crippen LogP contribution in [0, 0.1) is 6.92 Å². The van der Waals surface area contributed by atoms with Gasteiger partial charge < -0.3 is 10.6 Å². The van der Waals surface area contributed by atoms with E-state index in [1.807, 2.05) is 11.8 Å². The van der Waals surface area contributed by atoms with Crippen LogP contribution in [-0.2, 0) is 11.2 Å². The van der Waals surface area contributed by atoms with E-state index in [9.17, 15) is 4.79 Å². The predicted octanol–water partition coefficient (Wildman–Crippen LogP) is 1.66. The first-order chi connectivity index (χ1) is 10.1. The van der Waals surface area contributed by atoms with Crippen LogP contribution in [0.4, 0.5) is 5.13 Å². The third-order valence-corrected chi connectivity index (χ3v) is 5.63. The number of nitrogens with zero attached hydrogens (tertiary/aromatic N) is 3. The van der Waals surface area contributed by atoms with E-state index >= 15 is 0 Å². The van der Waals surface area contributed by atoms with Gasteiger partial charge in [0.15, 0.2) is 5.13 Å². The summed E-state index contributed by atoms with van der Waals surface area (Å²) in [5, 5.41) is 0.558. The Hall–Kier alpha value is -1.14. The van der Waals surface area contributed by atoms with Crippen molar-refractivity contribution in [3.63, 3.8) is 0 Å². The van der Waals surface area contributed by atoms with Gasteiger partial charge in [-0.1, -0.05) is 6.42 Å². The van der Waals surface area contributed by atoms with E-state index in [1.165, 1.54) is 43.7 Å². The number of hydrogen-bond acceptors (Lipinski definition) is 5. The molecule has 2 N–H and O–H groups in total. The number of carbonyl (C=O) groups excluding carboxylic acids is 1. The quantitative estimate of drug-likeness (QED) is 0.922. The smallest absolute Gasteiger partial charge is 0.227 e. The molecule has 2 saturated heterocycles. The number of aromatic nitrogens is 1. The summed E-state index contributed by atoms with van der Waals surface area (Å²) in [6.07, 6.45) is 5.55. The molecule has 0 bridgehead atoms. The van der Waals surface area contributed by atoms with Crippen LogP contribution in [0.5, 0.6) is 0 Å². The highest BCUT2D eigenvalue weighted by molar-refractivity contribution is 7.15. The first-order valence-electron chi connectivity index (χ1n) is 7.87. The Balaban J connectivity index is 1.55. The van der Waals surface area contributed by atoms with Gasteiger partial charge in [0.1, 0.15) is 0 Å². The number of nitrogen functional groups attached to an aromatic ring is 1. The van der Waals surface area contributed by atoms with Crippen molar-refractivity contribution >= 4 is 22.4 Å². The molecule has 5 nitrogen and oxygen atoms in total. The molecular formula is C15H24N4OS. The number of thiazole rings is 1. The molecule has 3 heterocycles. The van der Waals surface area contributed by atoms with Gasteiger partial charge in [0.2, 0.25) is 5.91 Å². The molecule has 1 atom stereocenters. The predicted molar refractivity (Wildman–Crippen MR) is 85.4 cm³/mol. The maximum Gasteiger partial charge on any atom is 0.227 e. The minimum absolute atomic E-state index is 0.223. The molecule has 1 unspecified atom stereocenters. The lowest BCUT2D eigenvalue weighted by Gasteiger charge is -2.32. The normalized spacial score (nSPS) is 23.7. The highest BCUT2D eigenvalue weighted by atomic mass is 32.1. The summed E-state index contributed by atoms with van der Waals surface area (Å²) in [5.41, 5.74) is 6.60. The zero-order valence-electron chi connectivity index (χ0n) is 12.7. The number of carbonyl (C=O) groups is 1. The van der Waals surface area contributed by atoms with Crippen molar-refractivity contribution < 1.29 is 4.79 Å². The lowest BCUT2D eigenvalue weighted by atomic mass is 10.1. The van der Waals surface area contributed by atoms with Crippen molar-refractivity contribution in [3.05, 3.63) is 10.6 Å². The number of piperidine rings is 1. The van der Waals surface area contributed by atoms with Crippen molar-refractivity contribution in [2.24, 2.45) is 0 Å². The van der Waals surface area contributed by atoms with Gasteiger partial charge in [0.05, 0.1) is 12.1 Å². The monoisotopic (exact) mass is 308 g/mol. The van der Waals surface area contributed by atoms with Crippen LogP contribution in [0.15, 0.2) is 0 Å². The van der Waals surface area contributed by atoms with Crippen LogP contribution in [0.3, 0.4) is 0 Å². The average Bonchev–Trinajstić information content (AvgIpc) is 3.07. The second kappa shape index (κ2) is 6.32. The summed E-state index contributed by atoms with van der Waals surface area (Å²) in [6.45, 7) is 6.13. The van der Waals surface area contributed by atoms with Gasteiger partial charge in [-0.25, -0.2) is 4.98 Å². The molecule has 0 spiro atoms. The Morgan fingerprint density at radius 3 is 2.76 bits per heavy atom. The summed E-state index contributed by atoms with van der Waals surface area (Å²) in [4.78, 5) is 22.3. The second-order valence-electron chi connectivity index (χ2n) is 6.12. The number of amides is 1. The molecule has 1 aromatic heterocycles. The third kappa shape index (κ3) is 3.37. The van der Waals surface area contributed by atoms with Crippen molar-refractivity contribution in [1.29, 1.82) is 0 Å². The Morgan fingerprint density at radius 1 is 1.33 bits per heavy atom. The lowest BCUT2D eigenvalue weighted by molar-refractivity contribution is -0.129. The summed E-state index contributed by atoms with van der Waals surface area (Å²) in [7, 11) is 0. The molecule has 0 radical (unpaired) electrons. The van der Waals surface area contributed by atoms with Crippen LogP contribution < -0.4 is 5.73 Å². The number of likely N-dealkylation sites (tertiary alicyclic amines) is 2. The van der Waals surface area contributed by atoms with E-state index in [2.05, 4.69) is 9.88 Å². The largest absolute Gasteiger partial charge is 0.375 e. The molecule has 0 saturated carbocycles. The van der Waals surface area contributed by atoms with Crippen LogP contribution in [0.1, 0.15) is 36.3 Å². The molecule has 2 aliphatic rings. The van der Waals surface area contributed by atoms with Gasteiger partial charge in [-0.15, -0.1) is 11.3 Å². The fourth-order valence-corrected chi connectivity index (χ4v) is 4.24. The first kappa shape index (κ1) is 14.8. The Labute approximate surface area is 130 Å². The van der Waals surface area contributed by atoms with E-state index in [1.54, 1.807) is 0 Å². The van der Waals surface area contributed by atoms with Crippen LogP contribution in [-0.4, -0.2) is 52.9 Å². The number of rotatable bonds is 3. The molecule has 0 aromatic carbocycles. The van der Waals surface area contributed by atoms with Crippen LogP contribution in [0.2, 0.25) is 0 Å². The molecule has 6 heteroatoms. The highest BCUT2D eigenvalue weighted by Crippen LogP contribution is 2.24. The molecule has 1 amide bonds. The summed E-state index contributed by atoms with van der Waals surface area (Å²) >= 11 is 1.44. The van der Waals surface area contributed by atoms with Crippen molar-refractivity contribution in [2.45, 2.75) is 45.1 Å². The van der Waals surface area contributed by atoms with Gasteiger partial charge in [0, 0.05) is 24.0 Å². The lowest BCUT2D eigenvalue weighted by Crippen LogP contribution is -2.41. The molecule has 1 aromatic rings. The van der Waals surface area contributed by atoms with Crippen LogP contribution in [0.25, 0.3) is 0 Å². The van der Waals surface area contributed by atoms with E-state index < -0.39 is 0 Å². The molecule has 2 aliphatic heterocycles. The average molecular weight is 308 g/mol. The molecule has 116 valence electrons. The van der Waals surface area contributed by atoms with Gasteiger partial charge in [-0.3, -0.25) is 9.69 Å². The molecule has 3 rings (SSSR count). The van der Waals surface area contributed by atoms with E-state index in [0.717, 1.165) is 30.1 Å². The van der Waals surface area contributed by atoms with Gasteiger partial charge in [-0.2, -0.15) is 0 Å². The Kier molecular flexibility index (Phi) is 4.45. The minimum Gasteiger partial charge on any atom is -0.375 e. The van der Waals surface area contributed by atoms with E-state index in [-0.39, 0.29) is 5.91 Å². The van der Waals surface area contributed by atoms with Gasteiger partial charge in [0.25, 0.3) is 0 Å². The number of aryl methyl sites for hydroxylation is 1. The SMILES string of the molecule is Cc1nc(N)sc1CC(=O)N1CCC(N2CCCCC2)C1. The maximum absolute atomic E-state index is 12.5. The number of hydrogen-bond donors (Lipinski definition) is 1. The second-order valence-corrected chi connectivity index (χ2v) is 7.23.